The van der Waals surface area contributed by atoms with Crippen molar-refractivity contribution < 1.29 is 28.2 Å². The second-order valence-corrected chi connectivity index (χ2v) is 11.8. The third-order valence-corrected chi connectivity index (χ3v) is 8.80. The van der Waals surface area contributed by atoms with Crippen molar-refractivity contribution in [1.29, 1.82) is 0 Å². The molecule has 1 rings (SSSR count). The van der Waals surface area contributed by atoms with E-state index in [1.165, 1.54) is 0 Å². The Morgan fingerprint density at radius 2 is 1.79 bits per heavy atom. The Hall–Kier alpha value is -1.66. The van der Waals surface area contributed by atoms with Gasteiger partial charge in [0.1, 0.15) is 0 Å². The fraction of sp³-hybridized carbons (Fsp3) is 0.652. The lowest BCUT2D eigenvalue weighted by Gasteiger charge is -2.43. The number of nitrogens with zero attached hydrogens (tertiary/aromatic N) is 1. The number of aryl methyl sites for hydroxylation is 1. The molecule has 2 unspecified atom stereocenters. The molecule has 34 heavy (non-hydrogen) atoms. The molecular formula is C23H39N3O6S2. The zero-order chi connectivity index (χ0) is 26.2. The van der Waals surface area contributed by atoms with E-state index in [1.54, 1.807) is 38.1 Å². The number of carbonyl (C=O) groups is 2. The molecule has 1 aromatic rings. The molecule has 0 saturated heterocycles. The maximum atomic E-state index is 13.6. The maximum absolute atomic E-state index is 13.6. The third-order valence-electron chi connectivity index (χ3n) is 6.24. The summed E-state index contributed by atoms with van der Waals surface area (Å²) in [7, 11) is -4.52. The van der Waals surface area contributed by atoms with Crippen LogP contribution in [-0.2, 0) is 26.0 Å². The first-order valence-corrected chi connectivity index (χ1v) is 13.5. The molecule has 0 saturated carbocycles. The molecule has 5 N–H and O–H groups in total. The lowest BCUT2D eigenvalue weighted by atomic mass is 9.91. The number of nitrogens with one attached hydrogen (secondary N) is 1. The molecule has 0 bridgehead atoms. The summed E-state index contributed by atoms with van der Waals surface area (Å²) in [6, 6.07) is 6.80. The summed E-state index contributed by atoms with van der Waals surface area (Å²) in [6.45, 7) is 6.11. The van der Waals surface area contributed by atoms with Gasteiger partial charge in [-0.1, -0.05) is 44.2 Å². The minimum atomic E-state index is -4.52. The molecular weight excluding hydrogens is 478 g/mol. The van der Waals surface area contributed by atoms with Crippen LogP contribution < -0.4 is 11.1 Å². The largest absolute Gasteiger partial charge is 0.479 e. The number of carbonyl (C=O) groups excluding carboxylic acids is 1. The molecule has 0 spiro atoms. The number of benzene rings is 1. The van der Waals surface area contributed by atoms with Gasteiger partial charge >= 0.3 is 5.97 Å². The number of sulfonamides is 1. The van der Waals surface area contributed by atoms with Gasteiger partial charge in [0.05, 0.1) is 18.4 Å². The first-order valence-electron chi connectivity index (χ1n) is 11.4. The van der Waals surface area contributed by atoms with E-state index in [4.69, 9.17) is 5.73 Å². The summed E-state index contributed by atoms with van der Waals surface area (Å²) in [5.74, 6) is -3.10. The second kappa shape index (κ2) is 12.9. The monoisotopic (exact) mass is 517 g/mol. The van der Waals surface area contributed by atoms with E-state index >= 15 is 0 Å². The quantitative estimate of drug-likeness (QED) is 0.219. The highest BCUT2D eigenvalue weighted by Crippen LogP contribution is 2.29. The van der Waals surface area contributed by atoms with Gasteiger partial charge in [-0.3, -0.25) is 4.79 Å². The van der Waals surface area contributed by atoms with Crippen LogP contribution in [0, 0.1) is 0 Å². The highest BCUT2D eigenvalue weighted by atomic mass is 32.2. The van der Waals surface area contributed by atoms with Crippen molar-refractivity contribution in [1.82, 2.24) is 9.62 Å². The Bertz CT molecular complexity index is 911. The molecule has 0 aliphatic carbocycles. The Balaban J connectivity index is 3.51. The van der Waals surface area contributed by atoms with Gasteiger partial charge in [-0.25, -0.2) is 17.5 Å². The number of hydrogen-bond donors (Lipinski definition) is 5. The zero-order valence-corrected chi connectivity index (χ0v) is 22.1. The first kappa shape index (κ1) is 30.4. The van der Waals surface area contributed by atoms with Gasteiger partial charge in [-0.2, -0.15) is 12.6 Å². The summed E-state index contributed by atoms with van der Waals surface area (Å²) >= 11 is 4.46. The summed E-state index contributed by atoms with van der Waals surface area (Å²) < 4.78 is 26.8. The fourth-order valence-corrected chi connectivity index (χ4v) is 5.95. The van der Waals surface area contributed by atoms with E-state index in [0.29, 0.717) is 23.7 Å². The van der Waals surface area contributed by atoms with E-state index in [0.717, 1.165) is 12.5 Å². The second-order valence-electron chi connectivity index (χ2n) is 8.88. The van der Waals surface area contributed by atoms with Crippen molar-refractivity contribution in [3.8, 4) is 0 Å². The number of aliphatic hydroxyl groups is 1. The van der Waals surface area contributed by atoms with Crippen molar-refractivity contribution >= 4 is 34.5 Å². The van der Waals surface area contributed by atoms with E-state index in [1.807, 2.05) is 13.0 Å². The van der Waals surface area contributed by atoms with Crippen LogP contribution >= 0.6 is 12.6 Å². The zero-order valence-electron chi connectivity index (χ0n) is 20.4. The molecule has 0 fully saturated rings. The maximum Gasteiger partial charge on any atom is 0.332 e. The van der Waals surface area contributed by atoms with Gasteiger partial charge in [0.2, 0.25) is 15.9 Å². The number of aliphatic carboxylic acids is 1. The van der Waals surface area contributed by atoms with Crippen LogP contribution in [0.15, 0.2) is 30.3 Å². The lowest BCUT2D eigenvalue weighted by Crippen LogP contribution is -2.69. The van der Waals surface area contributed by atoms with Crippen LogP contribution in [0.25, 0.3) is 0 Å². The van der Waals surface area contributed by atoms with Crippen molar-refractivity contribution in [2.75, 3.05) is 18.9 Å². The van der Waals surface area contributed by atoms with Crippen LogP contribution in [0.3, 0.4) is 0 Å². The highest BCUT2D eigenvalue weighted by molar-refractivity contribution is 7.89. The van der Waals surface area contributed by atoms with Crippen LogP contribution in [0.4, 0.5) is 0 Å². The molecule has 194 valence electrons. The van der Waals surface area contributed by atoms with Gasteiger partial charge in [-0.15, -0.1) is 0 Å². The number of aliphatic hydroxyl groups excluding tert-OH is 1. The predicted octanol–water partition coefficient (Wildman–Crippen LogP) is 1.41. The minimum absolute atomic E-state index is 0.221. The molecule has 11 heteroatoms. The van der Waals surface area contributed by atoms with Gasteiger partial charge in [0.25, 0.3) is 0 Å². The Morgan fingerprint density at radius 3 is 2.26 bits per heavy atom. The number of hydrogen-bond acceptors (Lipinski definition) is 8. The standard InChI is InChI=1S/C23H39N3O6S2/c1-5-14-25-19(15-27)23(4,21(29)30)26(20(28)13-12-17-10-8-7-9-11-17)34(31,32)16-18(24)22(3,33)6-2/h7-11,18-19,25,27,33H,5-6,12-16,24H2,1-4H3,(H,29,30)/t18?,19-,22?,23-/m1/s1. The summed E-state index contributed by atoms with van der Waals surface area (Å²) in [6.07, 6.45) is 1.06. The Labute approximate surface area is 208 Å². The van der Waals surface area contributed by atoms with Crippen LogP contribution in [0.2, 0.25) is 0 Å². The van der Waals surface area contributed by atoms with Crippen LogP contribution in [0.5, 0.6) is 0 Å². The predicted molar refractivity (Wildman–Crippen MR) is 136 cm³/mol. The van der Waals surface area contributed by atoms with E-state index in [-0.39, 0.29) is 12.8 Å². The normalized spacial score (nSPS) is 17.3. The summed E-state index contributed by atoms with van der Waals surface area (Å²) in [4.78, 5) is 26.0. The minimum Gasteiger partial charge on any atom is -0.479 e. The van der Waals surface area contributed by atoms with Crippen molar-refractivity contribution in [2.45, 2.75) is 75.7 Å². The average molecular weight is 518 g/mol. The Kier molecular flexibility index (Phi) is 11.5. The topological polar surface area (TPSA) is 150 Å². The molecule has 0 aliphatic rings. The number of nitrogens with two attached hydrogens (primary N) is 1. The molecule has 0 heterocycles. The van der Waals surface area contributed by atoms with E-state index < -0.39 is 56.6 Å². The van der Waals surface area contributed by atoms with Crippen molar-refractivity contribution in [3.05, 3.63) is 35.9 Å². The van der Waals surface area contributed by atoms with Crippen LogP contribution in [-0.4, -0.2) is 76.1 Å². The number of thiol groups is 1. The molecule has 1 aromatic carbocycles. The third kappa shape index (κ3) is 7.42. The van der Waals surface area contributed by atoms with Crippen molar-refractivity contribution in [2.24, 2.45) is 5.73 Å². The smallest absolute Gasteiger partial charge is 0.332 e. The molecule has 9 nitrogen and oxygen atoms in total. The SMILES string of the molecule is CCCN[C@H](CO)[C@](C)(C(=O)O)N(C(=O)CCc1ccccc1)S(=O)(=O)CC(N)C(C)(S)CC. The highest BCUT2D eigenvalue weighted by Gasteiger charge is 2.54. The molecule has 0 radical (unpaired) electrons. The van der Waals surface area contributed by atoms with Crippen molar-refractivity contribution in [3.63, 3.8) is 0 Å². The van der Waals surface area contributed by atoms with Gasteiger partial charge in [-0.05, 0) is 45.2 Å². The number of rotatable bonds is 15. The molecule has 0 aliphatic heterocycles. The van der Waals surface area contributed by atoms with Gasteiger partial charge < -0.3 is 21.3 Å². The number of amides is 1. The van der Waals surface area contributed by atoms with Gasteiger partial charge in [0, 0.05) is 17.2 Å². The number of carboxylic acid groups (broad SMARTS) is 1. The fourth-order valence-electron chi connectivity index (χ4n) is 3.58. The van der Waals surface area contributed by atoms with Gasteiger partial charge in [0.15, 0.2) is 5.54 Å². The average Bonchev–Trinajstić information content (AvgIpc) is 2.78. The number of carboxylic acids is 1. The summed E-state index contributed by atoms with van der Waals surface area (Å²) in [5, 5.41) is 23.1. The first-order chi connectivity index (χ1) is 15.8. The van der Waals surface area contributed by atoms with Crippen LogP contribution in [0.1, 0.15) is 52.5 Å². The lowest BCUT2D eigenvalue weighted by molar-refractivity contribution is -0.155. The van der Waals surface area contributed by atoms with E-state index in [9.17, 15) is 28.2 Å². The summed E-state index contributed by atoms with van der Waals surface area (Å²) in [5.41, 5.74) is 4.68. The Morgan fingerprint density at radius 1 is 1.21 bits per heavy atom. The molecule has 0 aromatic heterocycles. The van der Waals surface area contributed by atoms with E-state index in [2.05, 4.69) is 17.9 Å². The molecule has 4 atom stereocenters. The molecule has 1 amide bonds.